The van der Waals surface area contributed by atoms with Crippen LogP contribution in [-0.4, -0.2) is 39.4 Å². The third-order valence-electron chi connectivity index (χ3n) is 5.16. The van der Waals surface area contributed by atoms with Gasteiger partial charge in [0.25, 0.3) is 5.56 Å². The number of aromatic amines is 1. The van der Waals surface area contributed by atoms with E-state index in [1.54, 1.807) is 13.0 Å². The number of H-pyrrole nitrogens is 1. The van der Waals surface area contributed by atoms with Gasteiger partial charge in [0.2, 0.25) is 5.75 Å². The second-order valence-electron chi connectivity index (χ2n) is 7.11. The molecule has 0 bridgehead atoms. The van der Waals surface area contributed by atoms with Crippen LogP contribution in [0.15, 0.2) is 35.3 Å². The van der Waals surface area contributed by atoms with Crippen LogP contribution in [-0.2, 0) is 17.7 Å². The number of benzene rings is 1. The predicted molar refractivity (Wildman–Crippen MR) is 112 cm³/mol. The molecule has 172 valence electrons. The van der Waals surface area contributed by atoms with Gasteiger partial charge in [0.15, 0.2) is 11.5 Å². The third kappa shape index (κ3) is 4.07. The molecular weight excluding hydrogens is 436 g/mol. The first kappa shape index (κ1) is 23.6. The fraction of sp³-hybridized carbons (Fsp3) is 0.318. The quantitative estimate of drug-likeness (QED) is 0.541. The molecule has 1 unspecified atom stereocenters. The summed E-state index contributed by atoms with van der Waals surface area (Å²) in [5.74, 6) is -8.17. The Labute approximate surface area is 187 Å². The highest BCUT2D eigenvalue weighted by Gasteiger charge is 2.49. The van der Waals surface area contributed by atoms with Gasteiger partial charge in [0.05, 0.1) is 37.5 Å². The summed E-state index contributed by atoms with van der Waals surface area (Å²) >= 11 is 0. The number of hydrogen-bond acceptors (Lipinski definition) is 7. The summed E-state index contributed by atoms with van der Waals surface area (Å²) in [4.78, 5) is 29.0. The van der Waals surface area contributed by atoms with Gasteiger partial charge in [-0.05, 0) is 25.5 Å². The van der Waals surface area contributed by atoms with Crippen molar-refractivity contribution in [3.05, 3.63) is 74.7 Å². The largest absolute Gasteiger partial charge is 0.489 e. The standard InChI is InChI=1S/C22H21F2N5O4/c1-5-33-20(31)17-18(32-4)19(30)29(3)21(27-17)22(23,24)16(15-11-26-28-12(15)2)14-9-7-6-8-13(14)10-25/h6-9,11,16H,5H2,1-4H3,(H,26,28). The smallest absolute Gasteiger partial charge is 0.361 e. The lowest BCUT2D eigenvalue weighted by Gasteiger charge is -2.29. The van der Waals surface area contributed by atoms with Crippen LogP contribution < -0.4 is 10.3 Å². The molecule has 11 heteroatoms. The summed E-state index contributed by atoms with van der Waals surface area (Å²) in [7, 11) is 2.23. The van der Waals surface area contributed by atoms with Gasteiger partial charge in [-0.15, -0.1) is 0 Å². The summed E-state index contributed by atoms with van der Waals surface area (Å²) in [6.07, 6.45) is 1.23. The lowest BCUT2D eigenvalue weighted by Crippen LogP contribution is -2.36. The second-order valence-corrected chi connectivity index (χ2v) is 7.11. The van der Waals surface area contributed by atoms with E-state index in [0.717, 1.165) is 14.2 Å². The van der Waals surface area contributed by atoms with Crippen LogP contribution in [0.3, 0.4) is 0 Å². The molecule has 2 heterocycles. The van der Waals surface area contributed by atoms with E-state index in [2.05, 4.69) is 15.2 Å². The van der Waals surface area contributed by atoms with Crippen LogP contribution in [0.5, 0.6) is 5.75 Å². The Morgan fingerprint density at radius 1 is 1.33 bits per heavy atom. The minimum Gasteiger partial charge on any atom is -0.489 e. The highest BCUT2D eigenvalue weighted by molar-refractivity contribution is 5.90. The van der Waals surface area contributed by atoms with Gasteiger partial charge in [-0.3, -0.25) is 14.5 Å². The molecule has 9 nitrogen and oxygen atoms in total. The molecular formula is C22H21F2N5O4. The normalized spacial score (nSPS) is 12.2. The Hall–Kier alpha value is -4.07. The van der Waals surface area contributed by atoms with Crippen LogP contribution in [0.4, 0.5) is 8.78 Å². The molecule has 0 aliphatic rings. The Morgan fingerprint density at radius 2 is 2.03 bits per heavy atom. The monoisotopic (exact) mass is 457 g/mol. The second kappa shape index (κ2) is 9.20. The molecule has 0 saturated heterocycles. The molecule has 0 aliphatic heterocycles. The number of esters is 1. The fourth-order valence-electron chi connectivity index (χ4n) is 3.59. The number of nitriles is 1. The number of alkyl halides is 2. The van der Waals surface area contributed by atoms with Crippen LogP contribution in [0.25, 0.3) is 0 Å². The zero-order chi connectivity index (χ0) is 24.3. The van der Waals surface area contributed by atoms with Gasteiger partial charge in [0, 0.05) is 18.3 Å². The Bertz CT molecular complexity index is 1290. The number of rotatable bonds is 7. The number of carbonyl (C=O) groups excluding carboxylic acids is 1. The maximum atomic E-state index is 16.3. The van der Waals surface area contributed by atoms with Crippen molar-refractivity contribution in [1.29, 1.82) is 5.26 Å². The number of aryl methyl sites for hydroxylation is 1. The number of halogens is 2. The minimum absolute atomic E-state index is 0.0113. The first-order valence-electron chi connectivity index (χ1n) is 9.88. The Kier molecular flexibility index (Phi) is 6.57. The topological polar surface area (TPSA) is 123 Å². The molecule has 33 heavy (non-hydrogen) atoms. The van der Waals surface area contributed by atoms with Crippen molar-refractivity contribution in [2.45, 2.75) is 25.7 Å². The van der Waals surface area contributed by atoms with Gasteiger partial charge < -0.3 is 9.47 Å². The lowest BCUT2D eigenvalue weighted by atomic mass is 9.83. The third-order valence-corrected chi connectivity index (χ3v) is 5.16. The Balaban J connectivity index is 2.35. The van der Waals surface area contributed by atoms with Crippen molar-refractivity contribution in [2.75, 3.05) is 13.7 Å². The Morgan fingerprint density at radius 3 is 2.61 bits per heavy atom. The van der Waals surface area contributed by atoms with E-state index >= 15 is 8.78 Å². The van der Waals surface area contributed by atoms with Gasteiger partial charge in [0.1, 0.15) is 0 Å². The molecule has 3 rings (SSSR count). The summed E-state index contributed by atoms with van der Waals surface area (Å²) in [6.45, 7) is 3.03. The van der Waals surface area contributed by atoms with E-state index in [9.17, 15) is 14.9 Å². The summed E-state index contributed by atoms with van der Waals surface area (Å²) < 4.78 is 43.1. The number of methoxy groups -OCH3 is 1. The van der Waals surface area contributed by atoms with Gasteiger partial charge in [-0.1, -0.05) is 18.2 Å². The van der Waals surface area contributed by atoms with E-state index in [4.69, 9.17) is 9.47 Å². The summed E-state index contributed by atoms with van der Waals surface area (Å²) in [5.41, 5.74) is -1.17. The number of hydrogen-bond donors (Lipinski definition) is 1. The molecule has 1 atom stereocenters. The zero-order valence-corrected chi connectivity index (χ0v) is 18.3. The van der Waals surface area contributed by atoms with Crippen molar-refractivity contribution in [3.8, 4) is 11.8 Å². The average molecular weight is 457 g/mol. The van der Waals surface area contributed by atoms with Crippen molar-refractivity contribution < 1.29 is 23.0 Å². The number of carbonyl (C=O) groups is 1. The summed E-state index contributed by atoms with van der Waals surface area (Å²) in [5, 5.41) is 16.0. The SMILES string of the molecule is CCOC(=O)c1nc(C(F)(F)C(c2ccccc2C#N)c2cn[nH]c2C)n(C)c(=O)c1OC. The van der Waals surface area contributed by atoms with Gasteiger partial charge in [-0.25, -0.2) is 9.78 Å². The minimum atomic E-state index is -3.86. The van der Waals surface area contributed by atoms with E-state index in [0.29, 0.717) is 10.3 Å². The van der Waals surface area contributed by atoms with E-state index in [1.807, 2.05) is 6.07 Å². The molecule has 0 amide bonds. The first-order valence-corrected chi connectivity index (χ1v) is 9.88. The van der Waals surface area contributed by atoms with Crippen LogP contribution in [0.2, 0.25) is 0 Å². The number of nitrogens with zero attached hydrogens (tertiary/aromatic N) is 4. The molecule has 0 radical (unpaired) electrons. The molecule has 0 spiro atoms. The highest BCUT2D eigenvalue weighted by Crippen LogP contribution is 2.47. The van der Waals surface area contributed by atoms with Crippen LogP contribution in [0, 0.1) is 18.3 Å². The average Bonchev–Trinajstić information content (AvgIpc) is 3.20. The lowest BCUT2D eigenvalue weighted by molar-refractivity contribution is -0.0352. The molecule has 3 aromatic rings. The maximum Gasteiger partial charge on any atom is 0.361 e. The molecule has 0 saturated carbocycles. The molecule has 2 aromatic heterocycles. The molecule has 1 aromatic carbocycles. The van der Waals surface area contributed by atoms with Crippen molar-refractivity contribution in [2.24, 2.45) is 7.05 Å². The predicted octanol–water partition coefficient (Wildman–Crippen LogP) is 2.79. The van der Waals surface area contributed by atoms with Gasteiger partial charge >= 0.3 is 11.9 Å². The highest BCUT2D eigenvalue weighted by atomic mass is 19.3. The maximum absolute atomic E-state index is 16.3. The zero-order valence-electron chi connectivity index (χ0n) is 18.3. The van der Waals surface area contributed by atoms with E-state index in [-0.39, 0.29) is 23.3 Å². The van der Waals surface area contributed by atoms with Gasteiger partial charge in [-0.2, -0.15) is 19.1 Å². The fourth-order valence-corrected chi connectivity index (χ4v) is 3.59. The first-order chi connectivity index (χ1) is 15.7. The number of nitrogens with one attached hydrogen (secondary N) is 1. The van der Waals surface area contributed by atoms with Crippen LogP contribution >= 0.6 is 0 Å². The van der Waals surface area contributed by atoms with Crippen molar-refractivity contribution in [3.63, 3.8) is 0 Å². The molecule has 1 N–H and O–H groups in total. The summed E-state index contributed by atoms with van der Waals surface area (Å²) in [6, 6.07) is 7.82. The number of ether oxygens (including phenoxy) is 2. The van der Waals surface area contributed by atoms with Crippen LogP contribution in [0.1, 0.15) is 51.5 Å². The molecule has 0 fully saturated rings. The van der Waals surface area contributed by atoms with E-state index in [1.165, 1.54) is 31.3 Å². The van der Waals surface area contributed by atoms with E-state index < -0.39 is 40.6 Å². The van der Waals surface area contributed by atoms with Crippen molar-refractivity contribution >= 4 is 5.97 Å². The number of aromatic nitrogens is 4. The van der Waals surface area contributed by atoms with Crippen molar-refractivity contribution in [1.82, 2.24) is 19.7 Å². The molecule has 0 aliphatic carbocycles.